The van der Waals surface area contributed by atoms with Gasteiger partial charge in [-0.2, -0.15) is 0 Å². The van der Waals surface area contributed by atoms with Crippen molar-refractivity contribution < 1.29 is 0 Å². The minimum absolute atomic E-state index is 0.717. The summed E-state index contributed by atoms with van der Waals surface area (Å²) in [6.07, 6.45) is 5.83. The zero-order valence-electron chi connectivity index (χ0n) is 7.48. The van der Waals surface area contributed by atoms with E-state index in [1.807, 2.05) is 23.3 Å². The maximum absolute atomic E-state index is 5.72. The summed E-state index contributed by atoms with van der Waals surface area (Å²) in [5, 5.41) is 2.76. The Hall–Kier alpha value is -0.0600. The van der Waals surface area contributed by atoms with Gasteiger partial charge in [0, 0.05) is 16.8 Å². The Labute approximate surface area is 86.9 Å². The lowest BCUT2D eigenvalue weighted by Gasteiger charge is -2.15. The van der Waals surface area contributed by atoms with Crippen LogP contribution in [0.3, 0.4) is 0 Å². The van der Waals surface area contributed by atoms with Crippen molar-refractivity contribution in [2.75, 3.05) is 6.54 Å². The second-order valence-corrected chi connectivity index (χ2v) is 5.76. The van der Waals surface area contributed by atoms with Gasteiger partial charge in [-0.3, -0.25) is 0 Å². The van der Waals surface area contributed by atoms with E-state index in [0.717, 1.165) is 11.8 Å². The molecular formula is C9H14N2S2. The molecule has 13 heavy (non-hydrogen) atoms. The molecule has 1 aromatic rings. The van der Waals surface area contributed by atoms with Crippen molar-refractivity contribution in [3.63, 3.8) is 0 Å². The fraction of sp³-hybridized carbons (Fsp3) is 0.667. The molecule has 4 heteroatoms. The monoisotopic (exact) mass is 214 g/mol. The first kappa shape index (κ1) is 9.49. The average molecular weight is 214 g/mol. The molecule has 0 saturated heterocycles. The number of aromatic nitrogens is 1. The van der Waals surface area contributed by atoms with Crippen LogP contribution < -0.4 is 5.73 Å². The molecule has 0 aliphatic heterocycles. The highest BCUT2D eigenvalue weighted by molar-refractivity contribution is 8.01. The topological polar surface area (TPSA) is 38.9 Å². The third-order valence-electron chi connectivity index (χ3n) is 2.55. The lowest BCUT2D eigenvalue weighted by atomic mass is 10.1. The van der Waals surface area contributed by atoms with Gasteiger partial charge < -0.3 is 5.73 Å². The minimum atomic E-state index is 0.717. The summed E-state index contributed by atoms with van der Waals surface area (Å²) in [4.78, 5) is 4.29. The molecule has 1 fully saturated rings. The number of hydrogen-bond acceptors (Lipinski definition) is 4. The molecule has 2 atom stereocenters. The summed E-state index contributed by atoms with van der Waals surface area (Å²) < 4.78 is 1.20. The highest BCUT2D eigenvalue weighted by Crippen LogP contribution is 2.38. The van der Waals surface area contributed by atoms with E-state index in [0.29, 0.717) is 5.92 Å². The average Bonchev–Trinajstić information content (AvgIpc) is 2.76. The van der Waals surface area contributed by atoms with E-state index in [1.165, 1.54) is 23.6 Å². The molecule has 1 heterocycles. The predicted octanol–water partition coefficient (Wildman–Crippen LogP) is 2.36. The molecule has 72 valence electrons. The van der Waals surface area contributed by atoms with Crippen LogP contribution in [-0.4, -0.2) is 16.8 Å². The molecule has 1 saturated carbocycles. The van der Waals surface area contributed by atoms with Crippen LogP contribution in [0.15, 0.2) is 15.9 Å². The summed E-state index contributed by atoms with van der Waals surface area (Å²) >= 11 is 3.65. The standard InChI is InChI=1S/C9H14N2S2/c10-6-7-2-1-3-8(7)13-9-11-4-5-12-9/h4-5,7-8H,1-3,6,10H2. The fourth-order valence-corrected chi connectivity index (χ4v) is 4.05. The van der Waals surface area contributed by atoms with Gasteiger partial charge in [0.15, 0.2) is 0 Å². The van der Waals surface area contributed by atoms with Gasteiger partial charge in [0.2, 0.25) is 0 Å². The van der Waals surface area contributed by atoms with Crippen molar-refractivity contribution in [3.05, 3.63) is 11.6 Å². The Morgan fingerprint density at radius 3 is 3.23 bits per heavy atom. The smallest absolute Gasteiger partial charge is 0.150 e. The molecule has 0 spiro atoms. The minimum Gasteiger partial charge on any atom is -0.330 e. The number of thioether (sulfide) groups is 1. The van der Waals surface area contributed by atoms with Crippen molar-refractivity contribution in [3.8, 4) is 0 Å². The summed E-state index contributed by atoms with van der Waals surface area (Å²) in [6, 6.07) is 0. The summed E-state index contributed by atoms with van der Waals surface area (Å²) in [5.74, 6) is 0.717. The van der Waals surface area contributed by atoms with Crippen LogP contribution in [0.25, 0.3) is 0 Å². The van der Waals surface area contributed by atoms with Gasteiger partial charge in [0.25, 0.3) is 0 Å². The van der Waals surface area contributed by atoms with Crippen molar-refractivity contribution in [2.45, 2.75) is 28.9 Å². The van der Waals surface area contributed by atoms with Crippen LogP contribution in [0.4, 0.5) is 0 Å². The molecule has 2 nitrogen and oxygen atoms in total. The maximum atomic E-state index is 5.72. The van der Waals surface area contributed by atoms with E-state index in [9.17, 15) is 0 Å². The van der Waals surface area contributed by atoms with E-state index in [2.05, 4.69) is 4.98 Å². The molecule has 1 aliphatic rings. The second kappa shape index (κ2) is 4.44. The summed E-state index contributed by atoms with van der Waals surface area (Å²) in [5.41, 5.74) is 5.72. The first-order valence-corrected chi connectivity index (χ1v) is 6.42. The molecule has 0 aromatic carbocycles. The van der Waals surface area contributed by atoms with Gasteiger partial charge in [-0.25, -0.2) is 4.98 Å². The Morgan fingerprint density at radius 1 is 1.62 bits per heavy atom. The first-order chi connectivity index (χ1) is 6.40. The molecule has 2 N–H and O–H groups in total. The SMILES string of the molecule is NCC1CCCC1Sc1nccs1. The number of hydrogen-bond donors (Lipinski definition) is 1. The van der Waals surface area contributed by atoms with Crippen LogP contribution in [0.1, 0.15) is 19.3 Å². The van der Waals surface area contributed by atoms with Crippen LogP contribution in [0.2, 0.25) is 0 Å². The van der Waals surface area contributed by atoms with Gasteiger partial charge in [0.05, 0.1) is 0 Å². The molecule has 1 aromatic heterocycles. The number of rotatable bonds is 3. The largest absolute Gasteiger partial charge is 0.330 e. The molecule has 2 rings (SSSR count). The van der Waals surface area contributed by atoms with E-state index in [4.69, 9.17) is 5.73 Å². The Kier molecular flexibility index (Phi) is 3.24. The third kappa shape index (κ3) is 2.24. The second-order valence-electron chi connectivity index (χ2n) is 3.38. The fourth-order valence-electron chi connectivity index (χ4n) is 1.83. The van der Waals surface area contributed by atoms with E-state index in [1.54, 1.807) is 11.3 Å². The van der Waals surface area contributed by atoms with Gasteiger partial charge in [-0.15, -0.1) is 11.3 Å². The molecule has 0 bridgehead atoms. The highest BCUT2D eigenvalue weighted by Gasteiger charge is 2.27. The Bertz CT molecular complexity index is 248. The molecular weight excluding hydrogens is 200 g/mol. The van der Waals surface area contributed by atoms with Gasteiger partial charge in [-0.1, -0.05) is 18.2 Å². The van der Waals surface area contributed by atoms with Crippen LogP contribution in [0.5, 0.6) is 0 Å². The zero-order valence-corrected chi connectivity index (χ0v) is 9.11. The molecule has 1 aliphatic carbocycles. The van der Waals surface area contributed by atoms with E-state index in [-0.39, 0.29) is 0 Å². The van der Waals surface area contributed by atoms with Gasteiger partial charge >= 0.3 is 0 Å². The normalized spacial score (nSPS) is 28.1. The van der Waals surface area contributed by atoms with Crippen LogP contribution in [-0.2, 0) is 0 Å². The highest BCUT2D eigenvalue weighted by atomic mass is 32.2. The lowest BCUT2D eigenvalue weighted by Crippen LogP contribution is -2.19. The third-order valence-corrected chi connectivity index (χ3v) is 4.93. The lowest BCUT2D eigenvalue weighted by molar-refractivity contribution is 0.573. The molecule has 2 unspecified atom stereocenters. The summed E-state index contributed by atoms with van der Waals surface area (Å²) in [7, 11) is 0. The van der Waals surface area contributed by atoms with Crippen LogP contribution >= 0.6 is 23.1 Å². The van der Waals surface area contributed by atoms with Gasteiger partial charge in [0.1, 0.15) is 4.34 Å². The van der Waals surface area contributed by atoms with Crippen LogP contribution in [0, 0.1) is 5.92 Å². The van der Waals surface area contributed by atoms with E-state index >= 15 is 0 Å². The van der Waals surface area contributed by atoms with Crippen molar-refractivity contribution in [1.29, 1.82) is 0 Å². The predicted molar refractivity (Wildman–Crippen MR) is 58.2 cm³/mol. The zero-order chi connectivity index (χ0) is 9.10. The Morgan fingerprint density at radius 2 is 2.54 bits per heavy atom. The summed E-state index contributed by atoms with van der Waals surface area (Å²) in [6.45, 7) is 0.836. The maximum Gasteiger partial charge on any atom is 0.150 e. The van der Waals surface area contributed by atoms with E-state index < -0.39 is 0 Å². The van der Waals surface area contributed by atoms with Crippen molar-refractivity contribution >= 4 is 23.1 Å². The number of nitrogens with two attached hydrogens (primary N) is 1. The molecule has 0 amide bonds. The van der Waals surface area contributed by atoms with Gasteiger partial charge in [-0.05, 0) is 25.3 Å². The van der Waals surface area contributed by atoms with Crippen molar-refractivity contribution in [2.24, 2.45) is 11.7 Å². The first-order valence-electron chi connectivity index (χ1n) is 4.66. The number of nitrogens with zero attached hydrogens (tertiary/aromatic N) is 1. The van der Waals surface area contributed by atoms with Crippen molar-refractivity contribution in [1.82, 2.24) is 4.98 Å². The number of thiazole rings is 1. The molecule has 0 radical (unpaired) electrons. The quantitative estimate of drug-likeness (QED) is 0.839. The Balaban J connectivity index is 1.94.